The van der Waals surface area contributed by atoms with Crippen molar-refractivity contribution in [1.82, 2.24) is 14.8 Å². The van der Waals surface area contributed by atoms with Gasteiger partial charge in [0.05, 0.1) is 25.4 Å². The largest absolute Gasteiger partial charge is 0.389 e. The number of carbonyl (C=O) groups is 1. The summed E-state index contributed by atoms with van der Waals surface area (Å²) in [5.74, 6) is -0.602. The molecular formula is C19H22FN3O3. The molecule has 1 N–H and O–H groups in total. The average molecular weight is 359 g/mol. The lowest BCUT2D eigenvalue weighted by molar-refractivity contribution is 0.0720. The van der Waals surface area contributed by atoms with Gasteiger partial charge in [0.2, 0.25) is 0 Å². The number of ether oxygens (including phenoxy) is 1. The molecule has 0 spiro atoms. The lowest BCUT2D eigenvalue weighted by Crippen LogP contribution is -2.45. The molecule has 0 radical (unpaired) electrons. The summed E-state index contributed by atoms with van der Waals surface area (Å²) in [6.07, 6.45) is 0.346. The zero-order valence-electron chi connectivity index (χ0n) is 14.5. The third-order valence-corrected chi connectivity index (χ3v) is 5.20. The van der Waals surface area contributed by atoms with E-state index in [0.29, 0.717) is 38.2 Å². The van der Waals surface area contributed by atoms with Crippen molar-refractivity contribution in [2.45, 2.75) is 18.6 Å². The van der Waals surface area contributed by atoms with Crippen molar-refractivity contribution in [3.63, 3.8) is 0 Å². The van der Waals surface area contributed by atoms with E-state index >= 15 is 0 Å². The summed E-state index contributed by atoms with van der Waals surface area (Å²) in [7, 11) is 0. The van der Waals surface area contributed by atoms with Crippen LogP contribution in [0.25, 0.3) is 10.9 Å². The fraction of sp³-hybridized carbons (Fsp3) is 0.474. The number of hydrogen-bond donors (Lipinski definition) is 1. The Morgan fingerprint density at radius 2 is 2.04 bits per heavy atom. The minimum absolute atomic E-state index is 0.00191. The Hall–Kier alpha value is -2.09. The summed E-state index contributed by atoms with van der Waals surface area (Å²) in [5, 5.41) is 10.7. The number of halogens is 1. The van der Waals surface area contributed by atoms with Gasteiger partial charge in [0.15, 0.2) is 0 Å². The van der Waals surface area contributed by atoms with E-state index in [9.17, 15) is 14.3 Å². The molecule has 0 saturated carbocycles. The van der Waals surface area contributed by atoms with Crippen molar-refractivity contribution in [1.29, 1.82) is 0 Å². The molecule has 2 aliphatic rings. The molecule has 2 fully saturated rings. The zero-order valence-corrected chi connectivity index (χ0v) is 14.5. The van der Waals surface area contributed by atoms with E-state index < -0.39 is 11.9 Å². The number of aliphatic hydroxyl groups excluding tert-OH is 1. The van der Waals surface area contributed by atoms with Crippen molar-refractivity contribution in [2.24, 2.45) is 0 Å². The number of hydrogen-bond acceptors (Lipinski definition) is 5. The molecular weight excluding hydrogens is 337 g/mol. The summed E-state index contributed by atoms with van der Waals surface area (Å²) >= 11 is 0. The van der Waals surface area contributed by atoms with Gasteiger partial charge in [-0.25, -0.2) is 9.37 Å². The molecule has 2 aromatic rings. The van der Waals surface area contributed by atoms with Crippen LogP contribution in [-0.4, -0.2) is 77.3 Å². The number of benzene rings is 1. The van der Waals surface area contributed by atoms with E-state index in [1.165, 1.54) is 6.07 Å². The number of aromatic nitrogens is 1. The predicted octanol–water partition coefficient (Wildman–Crippen LogP) is 1.28. The molecule has 4 rings (SSSR count). The molecule has 0 bridgehead atoms. The van der Waals surface area contributed by atoms with Crippen LogP contribution in [0, 0.1) is 5.82 Å². The molecule has 2 saturated heterocycles. The topological polar surface area (TPSA) is 65.9 Å². The first kappa shape index (κ1) is 17.3. The van der Waals surface area contributed by atoms with E-state index in [0.717, 1.165) is 13.0 Å². The maximum Gasteiger partial charge on any atom is 0.272 e. The quantitative estimate of drug-likeness (QED) is 0.875. The van der Waals surface area contributed by atoms with Crippen molar-refractivity contribution in [2.75, 3.05) is 39.4 Å². The number of pyridine rings is 1. The lowest BCUT2D eigenvalue weighted by Gasteiger charge is -2.28. The highest BCUT2D eigenvalue weighted by molar-refractivity contribution is 5.95. The minimum Gasteiger partial charge on any atom is -0.389 e. The molecule has 26 heavy (non-hydrogen) atoms. The Kier molecular flexibility index (Phi) is 4.84. The maximum absolute atomic E-state index is 14.0. The summed E-state index contributed by atoms with van der Waals surface area (Å²) < 4.78 is 19.3. The van der Waals surface area contributed by atoms with Crippen LogP contribution >= 0.6 is 0 Å². The summed E-state index contributed by atoms with van der Waals surface area (Å²) in [5.41, 5.74) is 0.487. The Morgan fingerprint density at radius 1 is 1.15 bits per heavy atom. The van der Waals surface area contributed by atoms with E-state index in [4.69, 9.17) is 4.74 Å². The number of amides is 1. The Morgan fingerprint density at radius 3 is 2.85 bits per heavy atom. The summed E-state index contributed by atoms with van der Waals surface area (Å²) in [4.78, 5) is 21.1. The Labute approximate surface area is 151 Å². The van der Waals surface area contributed by atoms with Gasteiger partial charge in [-0.15, -0.1) is 0 Å². The second-order valence-corrected chi connectivity index (χ2v) is 6.86. The van der Waals surface area contributed by atoms with E-state index in [2.05, 4.69) is 9.88 Å². The van der Waals surface area contributed by atoms with Gasteiger partial charge in [-0.3, -0.25) is 9.69 Å². The molecule has 6 nitrogen and oxygen atoms in total. The number of aliphatic hydroxyl groups is 1. The first-order valence-corrected chi connectivity index (χ1v) is 8.98. The van der Waals surface area contributed by atoms with Crippen LogP contribution in [0.5, 0.6) is 0 Å². The summed E-state index contributed by atoms with van der Waals surface area (Å²) in [6.45, 7) is 3.57. The van der Waals surface area contributed by atoms with Crippen LogP contribution in [0.2, 0.25) is 0 Å². The normalized spacial score (nSPS) is 24.8. The smallest absolute Gasteiger partial charge is 0.272 e. The van der Waals surface area contributed by atoms with Gasteiger partial charge in [0, 0.05) is 31.6 Å². The van der Waals surface area contributed by atoms with Crippen molar-refractivity contribution >= 4 is 16.8 Å². The average Bonchev–Trinajstić information content (AvgIpc) is 2.93. The molecule has 0 aliphatic carbocycles. The number of rotatable bonds is 2. The van der Waals surface area contributed by atoms with E-state index in [-0.39, 0.29) is 23.2 Å². The predicted molar refractivity (Wildman–Crippen MR) is 94.4 cm³/mol. The van der Waals surface area contributed by atoms with Gasteiger partial charge in [-0.1, -0.05) is 18.2 Å². The van der Waals surface area contributed by atoms with Crippen molar-refractivity contribution in [3.05, 3.63) is 41.8 Å². The molecule has 138 valence electrons. The molecule has 1 amide bonds. The SMILES string of the molecule is O=C(c1ccc2cccc(F)c2n1)N1CCCN(C2COCC2O)CC1. The van der Waals surface area contributed by atoms with E-state index in [1.54, 1.807) is 29.2 Å². The monoisotopic (exact) mass is 359 g/mol. The molecule has 2 unspecified atom stereocenters. The highest BCUT2D eigenvalue weighted by atomic mass is 19.1. The number of carbonyl (C=O) groups excluding carboxylic acids is 1. The minimum atomic E-state index is -0.470. The zero-order chi connectivity index (χ0) is 18.1. The van der Waals surface area contributed by atoms with Gasteiger partial charge in [0.25, 0.3) is 5.91 Å². The van der Waals surface area contributed by atoms with Crippen LogP contribution in [0.4, 0.5) is 4.39 Å². The fourth-order valence-electron chi connectivity index (χ4n) is 3.74. The van der Waals surface area contributed by atoms with Crippen molar-refractivity contribution < 1.29 is 19.0 Å². The summed E-state index contributed by atoms with van der Waals surface area (Å²) in [6, 6.07) is 8.14. The second kappa shape index (κ2) is 7.26. The van der Waals surface area contributed by atoms with Gasteiger partial charge >= 0.3 is 0 Å². The van der Waals surface area contributed by atoms with Crippen LogP contribution in [-0.2, 0) is 4.74 Å². The number of nitrogens with zero attached hydrogens (tertiary/aromatic N) is 3. The molecule has 1 aromatic carbocycles. The Bertz CT molecular complexity index is 816. The molecule has 1 aromatic heterocycles. The molecule has 2 aliphatic heterocycles. The molecule has 7 heteroatoms. The standard InChI is InChI=1S/C19H22FN3O3/c20-14-4-1-3-13-5-6-15(21-18(13)14)19(25)23-8-2-7-22(9-10-23)16-11-26-12-17(16)24/h1,3-6,16-17,24H,2,7-12H2. The van der Waals surface area contributed by atoms with Crippen LogP contribution in [0.1, 0.15) is 16.9 Å². The molecule has 3 heterocycles. The highest BCUT2D eigenvalue weighted by Gasteiger charge is 2.33. The van der Waals surface area contributed by atoms with Gasteiger partial charge < -0.3 is 14.7 Å². The first-order valence-electron chi connectivity index (χ1n) is 8.98. The van der Waals surface area contributed by atoms with E-state index in [1.807, 2.05) is 0 Å². The molecule has 2 atom stereocenters. The van der Waals surface area contributed by atoms with Gasteiger partial charge in [-0.2, -0.15) is 0 Å². The third kappa shape index (κ3) is 3.30. The van der Waals surface area contributed by atoms with Crippen LogP contribution in [0.3, 0.4) is 0 Å². The number of fused-ring (bicyclic) bond motifs is 1. The van der Waals surface area contributed by atoms with Gasteiger partial charge in [0.1, 0.15) is 17.0 Å². The number of para-hydroxylation sites is 1. The maximum atomic E-state index is 14.0. The fourth-order valence-corrected chi connectivity index (χ4v) is 3.74. The third-order valence-electron chi connectivity index (χ3n) is 5.20. The van der Waals surface area contributed by atoms with Crippen molar-refractivity contribution in [3.8, 4) is 0 Å². The Balaban J connectivity index is 1.49. The van der Waals surface area contributed by atoms with Gasteiger partial charge in [-0.05, 0) is 18.6 Å². The highest BCUT2D eigenvalue weighted by Crippen LogP contribution is 2.19. The van der Waals surface area contributed by atoms with Crippen LogP contribution < -0.4 is 0 Å². The second-order valence-electron chi connectivity index (χ2n) is 6.86. The lowest BCUT2D eigenvalue weighted by atomic mass is 10.2. The van der Waals surface area contributed by atoms with Crippen LogP contribution in [0.15, 0.2) is 30.3 Å². The first-order chi connectivity index (χ1) is 12.6.